The minimum absolute atomic E-state index is 0.164. The second-order valence-electron chi connectivity index (χ2n) is 6.09. The normalized spacial score (nSPS) is 16.4. The van der Waals surface area contributed by atoms with Gasteiger partial charge >= 0.3 is 0 Å². The lowest BCUT2D eigenvalue weighted by atomic mass is 9.84. The highest BCUT2D eigenvalue weighted by Crippen LogP contribution is 2.26. The molecule has 0 aromatic heterocycles. The Labute approximate surface area is 117 Å². The summed E-state index contributed by atoms with van der Waals surface area (Å²) in [7, 11) is 1.71. The molecule has 2 N–H and O–H groups in total. The van der Waals surface area contributed by atoms with E-state index in [0.717, 1.165) is 32.4 Å². The predicted octanol–water partition coefficient (Wildman–Crippen LogP) is 1.95. The molecule has 1 rings (SSSR count). The largest absolute Gasteiger partial charge is 0.380 e. The van der Waals surface area contributed by atoms with Crippen molar-refractivity contribution in [3.8, 4) is 0 Å². The first kappa shape index (κ1) is 16.2. The number of hydrogen-bond acceptors (Lipinski definition) is 3. The Bertz CT molecular complexity index is 324. The van der Waals surface area contributed by atoms with Gasteiger partial charge in [-0.15, -0.1) is 0 Å². The summed E-state index contributed by atoms with van der Waals surface area (Å²) >= 11 is 0. The van der Waals surface area contributed by atoms with E-state index in [4.69, 9.17) is 10.5 Å². The number of nitrogens with two attached hydrogens (primary N) is 1. The minimum Gasteiger partial charge on any atom is -0.380 e. The van der Waals surface area contributed by atoms with Crippen molar-refractivity contribution in [3.63, 3.8) is 0 Å². The standard InChI is InChI=1S/C15H28N2O2/c1-15(2,8-9-16)7-4-14(18)17-10-5-13(6-11-17)12-19-3/h5H,4,6-12,16H2,1-3H3. The van der Waals surface area contributed by atoms with E-state index in [2.05, 4.69) is 19.9 Å². The maximum absolute atomic E-state index is 12.1. The predicted molar refractivity (Wildman–Crippen MR) is 77.8 cm³/mol. The number of amides is 1. The zero-order valence-corrected chi connectivity index (χ0v) is 12.6. The second kappa shape index (κ2) is 7.65. The van der Waals surface area contributed by atoms with Gasteiger partial charge in [0.2, 0.25) is 5.91 Å². The van der Waals surface area contributed by atoms with Gasteiger partial charge in [-0.1, -0.05) is 19.9 Å². The third-order valence-electron chi connectivity index (χ3n) is 3.82. The maximum Gasteiger partial charge on any atom is 0.222 e. The smallest absolute Gasteiger partial charge is 0.222 e. The Kier molecular flexibility index (Phi) is 6.52. The highest BCUT2D eigenvalue weighted by Gasteiger charge is 2.22. The molecule has 0 aromatic carbocycles. The summed E-state index contributed by atoms with van der Waals surface area (Å²) < 4.78 is 5.11. The SMILES string of the molecule is COCC1=CCN(C(=O)CCC(C)(C)CCN)CC1. The van der Waals surface area contributed by atoms with Crippen molar-refractivity contribution in [2.45, 2.75) is 39.5 Å². The van der Waals surface area contributed by atoms with E-state index in [1.165, 1.54) is 5.57 Å². The number of rotatable bonds is 7. The molecule has 0 atom stereocenters. The van der Waals surface area contributed by atoms with Crippen molar-refractivity contribution in [2.24, 2.45) is 11.1 Å². The fourth-order valence-electron chi connectivity index (χ4n) is 2.37. The van der Waals surface area contributed by atoms with Crippen LogP contribution in [0.4, 0.5) is 0 Å². The molecule has 19 heavy (non-hydrogen) atoms. The fraction of sp³-hybridized carbons (Fsp3) is 0.800. The maximum atomic E-state index is 12.1. The first-order valence-electron chi connectivity index (χ1n) is 7.13. The third-order valence-corrected chi connectivity index (χ3v) is 3.82. The molecule has 0 aliphatic carbocycles. The van der Waals surface area contributed by atoms with Gasteiger partial charge in [0.1, 0.15) is 0 Å². The lowest BCUT2D eigenvalue weighted by Crippen LogP contribution is -2.36. The molecule has 0 bridgehead atoms. The zero-order valence-electron chi connectivity index (χ0n) is 12.6. The van der Waals surface area contributed by atoms with Crippen LogP contribution >= 0.6 is 0 Å². The topological polar surface area (TPSA) is 55.6 Å². The Hall–Kier alpha value is -0.870. The van der Waals surface area contributed by atoms with E-state index in [-0.39, 0.29) is 11.3 Å². The summed E-state index contributed by atoms with van der Waals surface area (Å²) in [5, 5.41) is 0. The molecule has 110 valence electrons. The summed E-state index contributed by atoms with van der Waals surface area (Å²) in [6, 6.07) is 0. The first-order chi connectivity index (χ1) is 8.98. The molecule has 0 unspecified atom stereocenters. The van der Waals surface area contributed by atoms with Gasteiger partial charge in [-0.05, 0) is 36.8 Å². The molecule has 4 heteroatoms. The number of carbonyl (C=O) groups excluding carboxylic acids is 1. The van der Waals surface area contributed by atoms with Gasteiger partial charge in [-0.2, -0.15) is 0 Å². The van der Waals surface area contributed by atoms with Crippen molar-refractivity contribution in [1.29, 1.82) is 0 Å². The van der Waals surface area contributed by atoms with E-state index in [0.29, 0.717) is 19.6 Å². The van der Waals surface area contributed by atoms with Crippen LogP contribution in [-0.4, -0.2) is 44.2 Å². The van der Waals surface area contributed by atoms with E-state index >= 15 is 0 Å². The van der Waals surface area contributed by atoms with Crippen LogP contribution in [0.15, 0.2) is 11.6 Å². The van der Waals surface area contributed by atoms with Gasteiger partial charge in [0.15, 0.2) is 0 Å². The molecule has 1 aliphatic rings. The number of methoxy groups -OCH3 is 1. The number of hydrogen-bond donors (Lipinski definition) is 1. The van der Waals surface area contributed by atoms with E-state index in [9.17, 15) is 4.79 Å². The quantitative estimate of drug-likeness (QED) is 0.718. The fourth-order valence-corrected chi connectivity index (χ4v) is 2.37. The molecular weight excluding hydrogens is 240 g/mol. The molecule has 1 amide bonds. The Morgan fingerprint density at radius 2 is 2.21 bits per heavy atom. The molecule has 4 nitrogen and oxygen atoms in total. The molecule has 1 heterocycles. The van der Waals surface area contributed by atoms with Crippen LogP contribution < -0.4 is 5.73 Å². The van der Waals surface area contributed by atoms with Crippen LogP contribution in [-0.2, 0) is 9.53 Å². The Balaban J connectivity index is 2.36. The van der Waals surface area contributed by atoms with E-state index in [1.807, 2.05) is 4.90 Å². The van der Waals surface area contributed by atoms with Crippen LogP contribution in [0, 0.1) is 5.41 Å². The molecule has 0 spiro atoms. The number of carbonyl (C=O) groups is 1. The van der Waals surface area contributed by atoms with Crippen molar-refractivity contribution in [2.75, 3.05) is 33.4 Å². The molecule has 1 aliphatic heterocycles. The van der Waals surface area contributed by atoms with Gasteiger partial charge < -0.3 is 15.4 Å². The molecule has 0 saturated carbocycles. The first-order valence-corrected chi connectivity index (χ1v) is 7.13. The van der Waals surface area contributed by atoms with Crippen LogP contribution in [0.1, 0.15) is 39.5 Å². The Morgan fingerprint density at radius 3 is 2.74 bits per heavy atom. The van der Waals surface area contributed by atoms with E-state index < -0.39 is 0 Å². The summed E-state index contributed by atoms with van der Waals surface area (Å²) in [5.41, 5.74) is 7.06. The molecule has 0 fully saturated rings. The van der Waals surface area contributed by atoms with Gasteiger partial charge in [0, 0.05) is 26.6 Å². The molecule has 0 aromatic rings. The summed E-state index contributed by atoms with van der Waals surface area (Å²) in [4.78, 5) is 14.1. The monoisotopic (exact) mass is 268 g/mol. The highest BCUT2D eigenvalue weighted by atomic mass is 16.5. The van der Waals surface area contributed by atoms with Gasteiger partial charge in [-0.3, -0.25) is 4.79 Å². The third kappa shape index (κ3) is 5.74. The summed E-state index contributed by atoms with van der Waals surface area (Å²) in [6.07, 6.45) is 5.56. The summed E-state index contributed by atoms with van der Waals surface area (Å²) in [6.45, 7) is 7.29. The van der Waals surface area contributed by atoms with Crippen molar-refractivity contribution in [1.82, 2.24) is 4.90 Å². The van der Waals surface area contributed by atoms with Crippen LogP contribution in [0.25, 0.3) is 0 Å². The van der Waals surface area contributed by atoms with Crippen LogP contribution in [0.5, 0.6) is 0 Å². The lowest BCUT2D eigenvalue weighted by molar-refractivity contribution is -0.131. The average molecular weight is 268 g/mol. The number of ether oxygens (including phenoxy) is 1. The number of nitrogens with zero attached hydrogens (tertiary/aromatic N) is 1. The molecule has 0 saturated heterocycles. The average Bonchev–Trinajstić information content (AvgIpc) is 2.37. The van der Waals surface area contributed by atoms with Crippen molar-refractivity contribution >= 4 is 5.91 Å². The van der Waals surface area contributed by atoms with Crippen molar-refractivity contribution < 1.29 is 9.53 Å². The van der Waals surface area contributed by atoms with Crippen LogP contribution in [0.3, 0.4) is 0 Å². The van der Waals surface area contributed by atoms with Crippen LogP contribution in [0.2, 0.25) is 0 Å². The highest BCUT2D eigenvalue weighted by molar-refractivity contribution is 5.76. The lowest BCUT2D eigenvalue weighted by Gasteiger charge is -2.29. The van der Waals surface area contributed by atoms with E-state index in [1.54, 1.807) is 7.11 Å². The van der Waals surface area contributed by atoms with Gasteiger partial charge in [0.25, 0.3) is 0 Å². The van der Waals surface area contributed by atoms with Crippen molar-refractivity contribution in [3.05, 3.63) is 11.6 Å². The minimum atomic E-state index is 0.164. The van der Waals surface area contributed by atoms with Gasteiger partial charge in [0.05, 0.1) is 6.61 Å². The second-order valence-corrected chi connectivity index (χ2v) is 6.09. The van der Waals surface area contributed by atoms with Gasteiger partial charge in [-0.25, -0.2) is 0 Å². The molecular formula is C15H28N2O2. The zero-order chi connectivity index (χ0) is 14.3. The molecule has 0 radical (unpaired) electrons. The summed E-state index contributed by atoms with van der Waals surface area (Å²) in [5.74, 6) is 0.262. The Morgan fingerprint density at radius 1 is 1.47 bits per heavy atom.